The van der Waals surface area contributed by atoms with Crippen LogP contribution in [0.15, 0.2) is 46.1 Å². The molecule has 24 heavy (non-hydrogen) atoms. The fourth-order valence-electron chi connectivity index (χ4n) is 2.33. The van der Waals surface area contributed by atoms with Crippen LogP contribution in [0.25, 0.3) is 0 Å². The minimum absolute atomic E-state index is 0.206. The van der Waals surface area contributed by atoms with Crippen molar-refractivity contribution in [3.8, 4) is 5.75 Å². The highest BCUT2D eigenvalue weighted by molar-refractivity contribution is 9.10. The van der Waals surface area contributed by atoms with Gasteiger partial charge in [-0.05, 0) is 53.2 Å². The van der Waals surface area contributed by atoms with E-state index in [4.69, 9.17) is 9.47 Å². The Morgan fingerprint density at radius 1 is 1.33 bits per heavy atom. The van der Waals surface area contributed by atoms with Crippen LogP contribution in [0.3, 0.4) is 0 Å². The van der Waals surface area contributed by atoms with Crippen LogP contribution in [-0.2, 0) is 9.53 Å². The van der Waals surface area contributed by atoms with Crippen LogP contribution < -0.4 is 4.74 Å². The third kappa shape index (κ3) is 3.12. The Balaban J connectivity index is 1.93. The van der Waals surface area contributed by atoms with Crippen LogP contribution in [0.2, 0.25) is 0 Å². The number of halogens is 1. The molecule has 7 heteroatoms. The SMILES string of the molecule is COc1ccc([C@H]2OC(c3ccc(C)nc3)=NN2C(C)=O)cc1Br. The first kappa shape index (κ1) is 16.4. The minimum atomic E-state index is -0.624. The van der Waals surface area contributed by atoms with Gasteiger partial charge in [0.15, 0.2) is 0 Å². The Kier molecular flexibility index (Phi) is 4.53. The number of carbonyl (C=O) groups is 1. The zero-order valence-electron chi connectivity index (χ0n) is 13.5. The summed E-state index contributed by atoms with van der Waals surface area (Å²) in [4.78, 5) is 16.2. The number of methoxy groups -OCH3 is 1. The van der Waals surface area contributed by atoms with Crippen molar-refractivity contribution in [2.24, 2.45) is 5.10 Å². The second-order valence-corrected chi connectivity index (χ2v) is 6.18. The predicted octanol–water partition coefficient (Wildman–Crippen LogP) is 3.40. The molecule has 1 aliphatic heterocycles. The summed E-state index contributed by atoms with van der Waals surface area (Å²) in [5.41, 5.74) is 2.41. The Hall–Kier alpha value is -2.41. The van der Waals surface area contributed by atoms with Gasteiger partial charge in [-0.15, -0.1) is 5.10 Å². The van der Waals surface area contributed by atoms with Crippen LogP contribution in [0.5, 0.6) is 5.75 Å². The molecular formula is C17H16BrN3O3. The van der Waals surface area contributed by atoms with E-state index in [1.54, 1.807) is 13.3 Å². The molecule has 1 aromatic heterocycles. The Morgan fingerprint density at radius 3 is 2.71 bits per heavy atom. The van der Waals surface area contributed by atoms with E-state index in [-0.39, 0.29) is 5.91 Å². The van der Waals surface area contributed by atoms with Gasteiger partial charge in [-0.2, -0.15) is 5.01 Å². The summed E-state index contributed by atoms with van der Waals surface area (Å²) in [5.74, 6) is 0.867. The number of hydrogen-bond donors (Lipinski definition) is 0. The number of aryl methyl sites for hydroxylation is 1. The molecule has 1 amide bonds. The average molecular weight is 390 g/mol. The third-order valence-electron chi connectivity index (χ3n) is 3.59. The van der Waals surface area contributed by atoms with Gasteiger partial charge in [0, 0.05) is 24.4 Å². The summed E-state index contributed by atoms with van der Waals surface area (Å²) in [6.45, 7) is 3.36. The maximum atomic E-state index is 12.0. The molecule has 1 aromatic carbocycles. The van der Waals surface area contributed by atoms with Crippen LogP contribution in [0.4, 0.5) is 0 Å². The van der Waals surface area contributed by atoms with E-state index in [0.717, 1.165) is 21.3 Å². The van der Waals surface area contributed by atoms with Crippen LogP contribution in [0.1, 0.15) is 30.0 Å². The molecule has 0 N–H and O–H groups in total. The molecule has 1 aliphatic rings. The number of carbonyl (C=O) groups excluding carboxylic acids is 1. The van der Waals surface area contributed by atoms with Crippen LogP contribution in [-0.4, -0.2) is 28.9 Å². The standard InChI is InChI=1S/C17H16BrN3O3/c1-10-4-5-13(9-19-10)16-20-21(11(2)22)17(24-16)12-6-7-15(23-3)14(18)8-12/h4-9,17H,1-3H3/t17-/m1/s1. The maximum Gasteiger partial charge on any atom is 0.243 e. The molecule has 0 saturated carbocycles. The lowest BCUT2D eigenvalue weighted by Gasteiger charge is -2.20. The van der Waals surface area contributed by atoms with Crippen LogP contribution >= 0.6 is 15.9 Å². The molecule has 3 rings (SSSR count). The maximum absolute atomic E-state index is 12.0. The van der Waals surface area contributed by atoms with Gasteiger partial charge < -0.3 is 9.47 Å². The summed E-state index contributed by atoms with van der Waals surface area (Å²) >= 11 is 3.45. The molecule has 0 fully saturated rings. The molecule has 0 radical (unpaired) electrons. The normalized spacial score (nSPS) is 16.6. The molecule has 0 aliphatic carbocycles. The van der Waals surface area contributed by atoms with Crippen LogP contribution in [0, 0.1) is 6.92 Å². The zero-order chi connectivity index (χ0) is 17.3. The van der Waals surface area contributed by atoms with Crippen molar-refractivity contribution in [3.05, 3.63) is 57.8 Å². The Labute approximate surface area is 148 Å². The fraction of sp³-hybridized carbons (Fsp3) is 0.235. The van der Waals surface area contributed by atoms with Crippen molar-refractivity contribution < 1.29 is 14.3 Å². The van der Waals surface area contributed by atoms with E-state index in [1.165, 1.54) is 11.9 Å². The van der Waals surface area contributed by atoms with Crippen molar-refractivity contribution in [2.45, 2.75) is 20.1 Å². The third-order valence-corrected chi connectivity index (χ3v) is 4.21. The summed E-state index contributed by atoms with van der Waals surface area (Å²) in [7, 11) is 1.60. The Bertz CT molecular complexity index is 805. The molecule has 124 valence electrons. The first-order valence-corrected chi connectivity index (χ1v) is 8.10. The van der Waals surface area contributed by atoms with E-state index in [9.17, 15) is 4.79 Å². The lowest BCUT2D eigenvalue weighted by atomic mass is 10.2. The molecule has 0 unspecified atom stereocenters. The number of pyridine rings is 1. The Morgan fingerprint density at radius 2 is 2.12 bits per heavy atom. The molecule has 1 atom stereocenters. The fourth-order valence-corrected chi connectivity index (χ4v) is 2.89. The minimum Gasteiger partial charge on any atom is -0.496 e. The molecule has 6 nitrogen and oxygen atoms in total. The van der Waals surface area contributed by atoms with E-state index < -0.39 is 6.23 Å². The average Bonchev–Trinajstić information content (AvgIpc) is 3.01. The van der Waals surface area contributed by atoms with E-state index in [2.05, 4.69) is 26.0 Å². The number of nitrogens with zero attached hydrogens (tertiary/aromatic N) is 3. The highest BCUT2D eigenvalue weighted by atomic mass is 79.9. The van der Waals surface area contributed by atoms with Gasteiger partial charge in [-0.3, -0.25) is 9.78 Å². The highest BCUT2D eigenvalue weighted by Gasteiger charge is 2.33. The first-order chi connectivity index (χ1) is 11.5. The summed E-state index contributed by atoms with van der Waals surface area (Å²) in [6, 6.07) is 9.25. The summed E-state index contributed by atoms with van der Waals surface area (Å²) in [5, 5.41) is 5.63. The van der Waals surface area contributed by atoms with Gasteiger partial charge in [0.05, 0.1) is 17.1 Å². The number of benzene rings is 1. The number of ether oxygens (including phenoxy) is 2. The topological polar surface area (TPSA) is 64.0 Å². The second kappa shape index (κ2) is 6.60. The number of amides is 1. The number of aromatic nitrogens is 1. The molecule has 2 aromatic rings. The van der Waals surface area contributed by atoms with Crippen molar-refractivity contribution in [3.63, 3.8) is 0 Å². The monoisotopic (exact) mass is 389 g/mol. The second-order valence-electron chi connectivity index (χ2n) is 5.32. The first-order valence-electron chi connectivity index (χ1n) is 7.31. The van der Waals surface area contributed by atoms with Crippen molar-refractivity contribution in [1.29, 1.82) is 0 Å². The molecule has 0 spiro atoms. The summed E-state index contributed by atoms with van der Waals surface area (Å²) < 4.78 is 11.9. The highest BCUT2D eigenvalue weighted by Crippen LogP contribution is 2.34. The largest absolute Gasteiger partial charge is 0.496 e. The predicted molar refractivity (Wildman–Crippen MR) is 92.6 cm³/mol. The van der Waals surface area contributed by atoms with Crippen molar-refractivity contribution in [1.82, 2.24) is 9.99 Å². The number of hydrogen-bond acceptors (Lipinski definition) is 5. The van der Waals surface area contributed by atoms with Crippen molar-refractivity contribution in [2.75, 3.05) is 7.11 Å². The van der Waals surface area contributed by atoms with Gasteiger partial charge in [0.1, 0.15) is 5.75 Å². The smallest absolute Gasteiger partial charge is 0.243 e. The molecule has 0 bridgehead atoms. The number of hydrazone groups is 1. The zero-order valence-corrected chi connectivity index (χ0v) is 15.1. The van der Waals surface area contributed by atoms with Gasteiger partial charge in [-0.1, -0.05) is 0 Å². The van der Waals surface area contributed by atoms with Gasteiger partial charge >= 0.3 is 0 Å². The van der Waals surface area contributed by atoms with E-state index >= 15 is 0 Å². The lowest BCUT2D eigenvalue weighted by molar-refractivity contribution is -0.135. The van der Waals surface area contributed by atoms with Crippen molar-refractivity contribution >= 4 is 27.7 Å². The van der Waals surface area contributed by atoms with Gasteiger partial charge in [-0.25, -0.2) is 0 Å². The lowest BCUT2D eigenvalue weighted by Crippen LogP contribution is -2.25. The van der Waals surface area contributed by atoms with E-state index in [0.29, 0.717) is 11.6 Å². The van der Waals surface area contributed by atoms with Gasteiger partial charge in [0.2, 0.25) is 18.0 Å². The van der Waals surface area contributed by atoms with E-state index in [1.807, 2.05) is 37.3 Å². The molecule has 0 saturated heterocycles. The van der Waals surface area contributed by atoms with Gasteiger partial charge in [0.25, 0.3) is 0 Å². The number of rotatable bonds is 3. The molecular weight excluding hydrogens is 374 g/mol. The summed E-state index contributed by atoms with van der Waals surface area (Å²) in [6.07, 6.45) is 1.06. The molecule has 2 heterocycles. The quantitative estimate of drug-likeness (QED) is 0.806.